The Morgan fingerprint density at radius 1 is 1.56 bits per heavy atom. The third kappa shape index (κ3) is 5.86. The molecule has 6 nitrogen and oxygen atoms in total. The molecule has 0 unspecified atom stereocenters. The Bertz CT molecular complexity index is 671. The van der Waals surface area contributed by atoms with Crippen molar-refractivity contribution >= 4 is 54.3 Å². The number of aliphatic imine (C=N–C) groups is 1. The predicted octanol–water partition coefficient (Wildman–Crippen LogP) is 3.32. The zero-order valence-electron chi connectivity index (χ0n) is 14.1. The van der Waals surface area contributed by atoms with E-state index in [1.807, 2.05) is 25.1 Å². The van der Waals surface area contributed by atoms with Crippen LogP contribution in [0.25, 0.3) is 0 Å². The molecule has 2 rings (SSSR count). The molecule has 0 saturated heterocycles. The molecule has 0 saturated carbocycles. The van der Waals surface area contributed by atoms with Gasteiger partial charge < -0.3 is 15.4 Å². The molecule has 3 N–H and O–H groups in total. The number of thiocarbonyl (C=S) groups is 1. The molecule has 0 fully saturated rings. The average Bonchev–Trinajstić information content (AvgIpc) is 3.07. The van der Waals surface area contributed by atoms with Gasteiger partial charge in [0.2, 0.25) is 0 Å². The summed E-state index contributed by atoms with van der Waals surface area (Å²) in [6.07, 6.45) is 0.0528. The fourth-order valence-corrected chi connectivity index (χ4v) is 3.76. The molecule has 1 amide bonds. The molecule has 0 spiro atoms. The highest BCUT2D eigenvalue weighted by atomic mass is 79.9. The number of carbonyl (C=O) groups is 1. The highest BCUT2D eigenvalue weighted by Crippen LogP contribution is 2.31. The number of carbonyl (C=O) groups excluding carboxylic acids is 1. The highest BCUT2D eigenvalue weighted by Gasteiger charge is 2.31. The zero-order valence-corrected chi connectivity index (χ0v) is 17.3. The van der Waals surface area contributed by atoms with Crippen LogP contribution in [0.1, 0.15) is 25.8 Å². The van der Waals surface area contributed by atoms with Crippen molar-refractivity contribution in [3.8, 4) is 0 Å². The van der Waals surface area contributed by atoms with Crippen molar-refractivity contribution in [2.75, 3.05) is 19.7 Å². The second-order valence-electron chi connectivity index (χ2n) is 5.67. The van der Waals surface area contributed by atoms with Crippen LogP contribution in [0.3, 0.4) is 0 Å². The van der Waals surface area contributed by atoms with E-state index < -0.39 is 11.6 Å². The van der Waals surface area contributed by atoms with Gasteiger partial charge in [-0.05, 0) is 68.8 Å². The van der Waals surface area contributed by atoms with Gasteiger partial charge in [0.1, 0.15) is 0 Å². The lowest BCUT2D eigenvalue weighted by Gasteiger charge is -2.33. The first kappa shape index (κ1) is 20.0. The summed E-state index contributed by atoms with van der Waals surface area (Å²) in [5.74, 6) is 0.922. The van der Waals surface area contributed by atoms with Gasteiger partial charge in [-0.1, -0.05) is 12.1 Å². The Morgan fingerprint density at radius 3 is 3.00 bits per heavy atom. The zero-order chi connectivity index (χ0) is 18.3. The van der Waals surface area contributed by atoms with Crippen molar-refractivity contribution in [3.05, 3.63) is 29.8 Å². The molecule has 0 aliphatic carbocycles. The minimum atomic E-state index is -0.566. The van der Waals surface area contributed by atoms with Gasteiger partial charge in [0.15, 0.2) is 5.11 Å². The Balaban J connectivity index is 2.21. The summed E-state index contributed by atoms with van der Waals surface area (Å²) in [4.78, 5) is 17.2. The first-order valence-electron chi connectivity index (χ1n) is 7.89. The van der Waals surface area contributed by atoms with Gasteiger partial charge in [0.05, 0.1) is 24.5 Å². The van der Waals surface area contributed by atoms with Gasteiger partial charge in [0, 0.05) is 17.9 Å². The van der Waals surface area contributed by atoms with Crippen LogP contribution in [-0.4, -0.2) is 36.7 Å². The van der Waals surface area contributed by atoms with E-state index in [1.54, 1.807) is 6.92 Å². The van der Waals surface area contributed by atoms with Crippen LogP contribution in [0.2, 0.25) is 0 Å². The number of ether oxygens (including phenoxy) is 1. The van der Waals surface area contributed by atoms with Crippen LogP contribution in [0.15, 0.2) is 34.2 Å². The van der Waals surface area contributed by atoms with Gasteiger partial charge in [0.25, 0.3) is 0 Å². The molecule has 0 aromatic heterocycles. The highest BCUT2D eigenvalue weighted by molar-refractivity contribution is 9.50. The number of alkyl carbamates (subject to hydrolysis) is 1. The first-order chi connectivity index (χ1) is 12.0. The molecule has 1 aliphatic heterocycles. The van der Waals surface area contributed by atoms with Gasteiger partial charge in [-0.2, -0.15) is 0 Å². The second-order valence-corrected chi connectivity index (χ2v) is 7.67. The standard InChI is InChI=1S/C16H21BrN4O2S2/c1-3-23-15(22)20-14(24)21-16(2,10-13-18-7-8-19-13)11-5-4-6-12(9-11)25-17/h4-6,9H,3,7-8,10H2,1-2H3,(H,18,19)(H2,20,21,22,24)/t16-/m0/s1. The third-order valence-electron chi connectivity index (χ3n) is 3.71. The maximum atomic E-state index is 11.6. The van der Waals surface area contributed by atoms with Crippen LogP contribution in [-0.2, 0) is 10.3 Å². The number of nitrogens with one attached hydrogen (secondary N) is 3. The summed E-state index contributed by atoms with van der Waals surface area (Å²) < 4.78 is 4.88. The molecule has 136 valence electrons. The monoisotopic (exact) mass is 444 g/mol. The number of benzene rings is 1. The van der Waals surface area contributed by atoms with Crippen LogP contribution in [0.4, 0.5) is 4.79 Å². The van der Waals surface area contributed by atoms with E-state index in [9.17, 15) is 4.79 Å². The number of hydrogen-bond acceptors (Lipinski definition) is 6. The van der Waals surface area contributed by atoms with E-state index in [-0.39, 0.29) is 11.7 Å². The summed E-state index contributed by atoms with van der Waals surface area (Å²) in [7, 11) is 1.49. The third-order valence-corrected chi connectivity index (χ3v) is 5.46. The largest absolute Gasteiger partial charge is 0.450 e. The maximum absolute atomic E-state index is 11.6. The normalized spacial score (nSPS) is 15.6. The number of hydrogen-bond donors (Lipinski definition) is 3. The van der Waals surface area contributed by atoms with Crippen LogP contribution in [0, 0.1) is 0 Å². The van der Waals surface area contributed by atoms with Gasteiger partial charge >= 0.3 is 6.09 Å². The number of amides is 1. The number of nitrogens with zero attached hydrogens (tertiary/aromatic N) is 1. The Morgan fingerprint density at radius 2 is 2.36 bits per heavy atom. The molecular formula is C16H21BrN4O2S2. The van der Waals surface area contributed by atoms with Crippen molar-refractivity contribution in [1.82, 2.24) is 16.0 Å². The number of amidine groups is 1. The predicted molar refractivity (Wildman–Crippen MR) is 109 cm³/mol. The van der Waals surface area contributed by atoms with Crippen LogP contribution < -0.4 is 16.0 Å². The van der Waals surface area contributed by atoms with Crippen molar-refractivity contribution < 1.29 is 9.53 Å². The summed E-state index contributed by atoms with van der Waals surface area (Å²) in [6.45, 7) is 5.68. The van der Waals surface area contributed by atoms with E-state index >= 15 is 0 Å². The summed E-state index contributed by atoms with van der Waals surface area (Å²) in [5.41, 5.74) is 0.507. The Labute approximate surface area is 164 Å². The van der Waals surface area contributed by atoms with Gasteiger partial charge in [-0.25, -0.2) is 4.79 Å². The average molecular weight is 445 g/mol. The fraction of sp³-hybridized carbons (Fsp3) is 0.438. The minimum absolute atomic E-state index is 0.219. The molecule has 1 aromatic carbocycles. The van der Waals surface area contributed by atoms with Crippen LogP contribution >= 0.6 is 37.2 Å². The smallest absolute Gasteiger partial charge is 0.413 e. The molecule has 0 radical (unpaired) electrons. The fourth-order valence-electron chi connectivity index (χ4n) is 2.55. The number of halogens is 1. The Kier molecular flexibility index (Phi) is 7.52. The Hall–Kier alpha value is -1.32. The number of rotatable bonds is 6. The lowest BCUT2D eigenvalue weighted by atomic mass is 9.88. The summed E-state index contributed by atoms with van der Waals surface area (Å²) in [5, 5.41) is 9.30. The van der Waals surface area contributed by atoms with E-state index in [0.717, 1.165) is 29.4 Å². The van der Waals surface area contributed by atoms with E-state index in [2.05, 4.69) is 41.8 Å². The topological polar surface area (TPSA) is 74.8 Å². The van der Waals surface area contributed by atoms with Crippen molar-refractivity contribution in [3.63, 3.8) is 0 Å². The maximum Gasteiger partial charge on any atom is 0.413 e. The van der Waals surface area contributed by atoms with Crippen LogP contribution in [0.5, 0.6) is 0 Å². The molecule has 9 heteroatoms. The molecule has 25 heavy (non-hydrogen) atoms. The lowest BCUT2D eigenvalue weighted by Crippen LogP contribution is -2.51. The molecule has 1 aliphatic rings. The van der Waals surface area contributed by atoms with E-state index in [1.165, 1.54) is 10.2 Å². The second kappa shape index (κ2) is 9.40. The first-order valence-corrected chi connectivity index (χ1v) is 11.0. The summed E-state index contributed by atoms with van der Waals surface area (Å²) >= 11 is 8.71. The van der Waals surface area contributed by atoms with E-state index in [4.69, 9.17) is 17.0 Å². The van der Waals surface area contributed by atoms with Gasteiger partial charge in [-0.3, -0.25) is 10.3 Å². The SMILES string of the molecule is CCOC(=O)NC(=S)N[C@@](C)(CC1=NCCN1)c1cccc(SBr)c1. The quantitative estimate of drug-likeness (QED) is 0.584. The van der Waals surface area contributed by atoms with E-state index in [0.29, 0.717) is 6.42 Å². The summed E-state index contributed by atoms with van der Waals surface area (Å²) in [6, 6.07) is 8.12. The minimum Gasteiger partial charge on any atom is -0.450 e. The molecule has 1 aromatic rings. The molecular weight excluding hydrogens is 424 g/mol. The molecule has 1 atom stereocenters. The molecule has 0 bridgehead atoms. The van der Waals surface area contributed by atoms with Crippen molar-refractivity contribution in [2.45, 2.75) is 30.7 Å². The lowest BCUT2D eigenvalue weighted by molar-refractivity contribution is 0.157. The van der Waals surface area contributed by atoms with Crippen molar-refractivity contribution in [2.24, 2.45) is 4.99 Å². The van der Waals surface area contributed by atoms with Crippen molar-refractivity contribution in [1.29, 1.82) is 0 Å². The molecule has 1 heterocycles. The van der Waals surface area contributed by atoms with Gasteiger partial charge in [-0.15, -0.1) is 0 Å².